The maximum atomic E-state index is 12.9. The van der Waals surface area contributed by atoms with Gasteiger partial charge < -0.3 is 15.8 Å². The van der Waals surface area contributed by atoms with E-state index in [-0.39, 0.29) is 11.7 Å². The number of oxime groups is 1. The number of carbonyl (C=O) groups is 1. The second-order valence-electron chi connectivity index (χ2n) is 5.52. The quantitative estimate of drug-likeness (QED) is 0.386. The number of fused-ring (bicyclic) bond motifs is 1. The number of amidine groups is 1. The van der Waals surface area contributed by atoms with Gasteiger partial charge in [0.25, 0.3) is 0 Å². The van der Waals surface area contributed by atoms with Crippen molar-refractivity contribution in [1.29, 1.82) is 0 Å². The third kappa shape index (κ3) is 2.60. The lowest BCUT2D eigenvalue weighted by Crippen LogP contribution is -2.52. The molecule has 0 fully saturated rings. The van der Waals surface area contributed by atoms with Gasteiger partial charge in [-0.15, -0.1) is 0 Å². The van der Waals surface area contributed by atoms with Crippen molar-refractivity contribution in [3.63, 3.8) is 0 Å². The Kier molecular flexibility index (Phi) is 4.50. The summed E-state index contributed by atoms with van der Waals surface area (Å²) in [5.74, 6) is -0.0336. The van der Waals surface area contributed by atoms with Crippen LogP contribution in [0.15, 0.2) is 29.4 Å². The van der Waals surface area contributed by atoms with Crippen molar-refractivity contribution in [3.8, 4) is 0 Å². The zero-order chi connectivity index (χ0) is 15.5. The summed E-state index contributed by atoms with van der Waals surface area (Å²) in [6.07, 6.45) is 1.90. The van der Waals surface area contributed by atoms with Crippen LogP contribution < -0.4 is 5.73 Å². The van der Waals surface area contributed by atoms with Gasteiger partial charge in [0, 0.05) is 13.1 Å². The van der Waals surface area contributed by atoms with Gasteiger partial charge in [-0.25, -0.2) is 0 Å². The van der Waals surface area contributed by atoms with E-state index >= 15 is 0 Å². The van der Waals surface area contributed by atoms with Gasteiger partial charge in [-0.05, 0) is 30.4 Å². The minimum atomic E-state index is -0.902. The van der Waals surface area contributed by atoms with Crippen LogP contribution >= 0.6 is 0 Å². The van der Waals surface area contributed by atoms with Gasteiger partial charge in [0.05, 0.1) is 0 Å². The van der Waals surface area contributed by atoms with E-state index in [0.717, 1.165) is 6.42 Å². The third-order valence-corrected chi connectivity index (χ3v) is 4.63. The van der Waals surface area contributed by atoms with E-state index < -0.39 is 5.41 Å². The first-order valence-electron chi connectivity index (χ1n) is 7.43. The van der Waals surface area contributed by atoms with E-state index in [1.807, 2.05) is 30.9 Å². The molecule has 1 aliphatic heterocycles. The van der Waals surface area contributed by atoms with Gasteiger partial charge in [-0.2, -0.15) is 0 Å². The van der Waals surface area contributed by atoms with E-state index in [4.69, 9.17) is 10.9 Å². The SMILES string of the molecule is CCC(CC)(C(=O)N1CCc2ccccc2C1)C(N)=NO. The lowest BCUT2D eigenvalue weighted by Gasteiger charge is -2.37. The van der Waals surface area contributed by atoms with Gasteiger partial charge in [0.2, 0.25) is 5.91 Å². The molecule has 1 amide bonds. The Hall–Kier alpha value is -2.04. The molecule has 0 radical (unpaired) electrons. The Balaban J connectivity index is 2.28. The zero-order valence-electron chi connectivity index (χ0n) is 12.7. The van der Waals surface area contributed by atoms with Gasteiger partial charge >= 0.3 is 0 Å². The third-order valence-electron chi connectivity index (χ3n) is 4.63. The first-order valence-corrected chi connectivity index (χ1v) is 7.43. The number of carbonyl (C=O) groups excluding carboxylic acids is 1. The average molecular weight is 289 g/mol. The van der Waals surface area contributed by atoms with Gasteiger partial charge in [0.15, 0.2) is 5.84 Å². The minimum absolute atomic E-state index is 0.0105. The smallest absolute Gasteiger partial charge is 0.236 e. The van der Waals surface area contributed by atoms with Crippen molar-refractivity contribution in [1.82, 2.24) is 4.90 Å². The first-order chi connectivity index (χ1) is 10.1. The molecule has 114 valence electrons. The van der Waals surface area contributed by atoms with Gasteiger partial charge in [-0.1, -0.05) is 43.3 Å². The van der Waals surface area contributed by atoms with E-state index in [1.165, 1.54) is 11.1 Å². The predicted octanol–water partition coefficient (Wildman–Crippen LogP) is 2.12. The summed E-state index contributed by atoms with van der Waals surface area (Å²) < 4.78 is 0. The number of amides is 1. The number of nitrogens with two attached hydrogens (primary N) is 1. The lowest BCUT2D eigenvalue weighted by atomic mass is 9.79. The topological polar surface area (TPSA) is 78.9 Å². The first kappa shape index (κ1) is 15.4. The van der Waals surface area contributed by atoms with Crippen LogP contribution in [0.1, 0.15) is 37.8 Å². The summed E-state index contributed by atoms with van der Waals surface area (Å²) in [4.78, 5) is 14.8. The fourth-order valence-electron chi connectivity index (χ4n) is 3.09. The molecule has 3 N–H and O–H groups in total. The fourth-order valence-corrected chi connectivity index (χ4v) is 3.09. The highest BCUT2D eigenvalue weighted by atomic mass is 16.4. The molecule has 2 rings (SSSR count). The Morgan fingerprint density at radius 1 is 1.33 bits per heavy atom. The molecule has 1 heterocycles. The van der Waals surface area contributed by atoms with E-state index in [9.17, 15) is 4.79 Å². The second-order valence-corrected chi connectivity index (χ2v) is 5.52. The molecule has 0 unspecified atom stereocenters. The van der Waals surface area contributed by atoms with E-state index in [1.54, 1.807) is 0 Å². The maximum Gasteiger partial charge on any atom is 0.236 e. The molecule has 0 aliphatic carbocycles. The van der Waals surface area contributed by atoms with Crippen molar-refractivity contribution < 1.29 is 10.0 Å². The standard InChI is InChI=1S/C16H23N3O2/c1-3-16(4-2,14(17)18-21)15(20)19-10-9-12-7-5-6-8-13(12)11-19/h5-8,21H,3-4,9-11H2,1-2H3,(H2,17,18). The largest absolute Gasteiger partial charge is 0.409 e. The Labute approximate surface area is 125 Å². The summed E-state index contributed by atoms with van der Waals surface area (Å²) in [5, 5.41) is 12.1. The van der Waals surface area contributed by atoms with Crippen molar-refractivity contribution in [2.24, 2.45) is 16.3 Å². The summed E-state index contributed by atoms with van der Waals surface area (Å²) >= 11 is 0. The van der Waals surface area contributed by atoms with Crippen LogP contribution in [0, 0.1) is 5.41 Å². The fraction of sp³-hybridized carbons (Fsp3) is 0.500. The van der Waals surface area contributed by atoms with Gasteiger partial charge in [-0.3, -0.25) is 4.79 Å². The van der Waals surface area contributed by atoms with Crippen LogP contribution in [0.4, 0.5) is 0 Å². The molecule has 1 aromatic carbocycles. The molecule has 5 nitrogen and oxygen atoms in total. The molecule has 0 saturated heterocycles. The highest BCUT2D eigenvalue weighted by Crippen LogP contribution is 2.31. The van der Waals surface area contributed by atoms with Crippen LogP contribution in [-0.4, -0.2) is 28.4 Å². The Bertz CT molecular complexity index is 550. The molecule has 1 aromatic rings. The number of rotatable bonds is 4. The summed E-state index contributed by atoms with van der Waals surface area (Å²) in [6, 6.07) is 8.17. The van der Waals surface area contributed by atoms with Crippen LogP contribution in [0.5, 0.6) is 0 Å². The number of hydrogen-bond acceptors (Lipinski definition) is 3. The Morgan fingerprint density at radius 2 is 1.95 bits per heavy atom. The maximum absolute atomic E-state index is 12.9. The highest BCUT2D eigenvalue weighted by molar-refractivity contribution is 6.06. The second kappa shape index (κ2) is 6.16. The van der Waals surface area contributed by atoms with Crippen molar-refractivity contribution in [2.45, 2.75) is 39.7 Å². The predicted molar refractivity (Wildman–Crippen MR) is 82.0 cm³/mol. The lowest BCUT2D eigenvalue weighted by molar-refractivity contribution is -0.139. The number of hydrogen-bond donors (Lipinski definition) is 2. The van der Waals surface area contributed by atoms with E-state index in [2.05, 4.69) is 17.3 Å². The minimum Gasteiger partial charge on any atom is -0.409 e. The molecule has 0 saturated carbocycles. The molecule has 0 spiro atoms. The molecular formula is C16H23N3O2. The monoisotopic (exact) mass is 289 g/mol. The molecule has 5 heteroatoms. The molecule has 0 aromatic heterocycles. The molecule has 1 aliphatic rings. The van der Waals surface area contributed by atoms with Crippen LogP contribution in [-0.2, 0) is 17.8 Å². The normalized spacial score (nSPS) is 15.7. The number of nitrogens with zero attached hydrogens (tertiary/aromatic N) is 2. The average Bonchev–Trinajstić information content (AvgIpc) is 2.55. The summed E-state index contributed by atoms with van der Waals surface area (Å²) in [7, 11) is 0. The highest BCUT2D eigenvalue weighted by Gasteiger charge is 2.43. The number of benzene rings is 1. The molecule has 0 bridgehead atoms. The zero-order valence-corrected chi connectivity index (χ0v) is 12.7. The van der Waals surface area contributed by atoms with Crippen molar-refractivity contribution >= 4 is 11.7 Å². The molecular weight excluding hydrogens is 266 g/mol. The van der Waals surface area contributed by atoms with Crippen molar-refractivity contribution in [3.05, 3.63) is 35.4 Å². The van der Waals surface area contributed by atoms with E-state index in [0.29, 0.717) is 25.9 Å². The van der Waals surface area contributed by atoms with Crippen LogP contribution in [0.25, 0.3) is 0 Å². The summed E-state index contributed by atoms with van der Waals surface area (Å²) in [5.41, 5.74) is 7.40. The molecule has 21 heavy (non-hydrogen) atoms. The molecule has 0 atom stereocenters. The van der Waals surface area contributed by atoms with Crippen LogP contribution in [0.3, 0.4) is 0 Å². The van der Waals surface area contributed by atoms with Crippen molar-refractivity contribution in [2.75, 3.05) is 6.54 Å². The van der Waals surface area contributed by atoms with Gasteiger partial charge in [0.1, 0.15) is 5.41 Å². The Morgan fingerprint density at radius 3 is 2.52 bits per heavy atom. The summed E-state index contributed by atoms with van der Waals surface area (Å²) in [6.45, 7) is 5.07. The van der Waals surface area contributed by atoms with Crippen LogP contribution in [0.2, 0.25) is 0 Å².